The molecule has 1 aromatic rings. The average molecular weight is 636 g/mol. The summed E-state index contributed by atoms with van der Waals surface area (Å²) in [6, 6.07) is 4.98. The molecule has 2 unspecified atom stereocenters. The summed E-state index contributed by atoms with van der Waals surface area (Å²) in [5, 5.41) is 26.2. The Bertz CT molecular complexity index is 1250. The predicted octanol–water partition coefficient (Wildman–Crippen LogP) is 2.53. The van der Waals surface area contributed by atoms with E-state index in [1.165, 1.54) is 19.1 Å². The maximum atomic E-state index is 12.0. The number of aliphatic imine (C=N–C) groups is 1. The van der Waals surface area contributed by atoms with Crippen LogP contribution in [-0.4, -0.2) is 91.3 Å². The van der Waals surface area contributed by atoms with Crippen molar-refractivity contribution in [2.75, 3.05) is 19.6 Å². The number of carbonyl (C=O) groups excluding carboxylic acids is 5. The van der Waals surface area contributed by atoms with Gasteiger partial charge >= 0.3 is 18.0 Å². The van der Waals surface area contributed by atoms with Crippen LogP contribution in [0.5, 0.6) is 0 Å². The van der Waals surface area contributed by atoms with Crippen molar-refractivity contribution in [1.29, 1.82) is 0 Å². The Labute approximate surface area is 259 Å². The van der Waals surface area contributed by atoms with Crippen molar-refractivity contribution >= 4 is 64.4 Å². The second-order valence-corrected chi connectivity index (χ2v) is 10.5. The number of Topliss-reactive ketones (excluding diaryl/α,β-unsaturated/α-hetero) is 1. The van der Waals surface area contributed by atoms with Gasteiger partial charge in [0.1, 0.15) is 23.4 Å². The van der Waals surface area contributed by atoms with Crippen molar-refractivity contribution in [3.8, 4) is 0 Å². The number of urea groups is 2. The molecule has 3 rings (SSSR count). The molecule has 0 spiro atoms. The minimum absolute atomic E-state index is 0.0603. The molecule has 17 heteroatoms. The summed E-state index contributed by atoms with van der Waals surface area (Å²) in [5.74, 6) is -2.20. The number of aliphatic carboxylic acids is 1. The van der Waals surface area contributed by atoms with Gasteiger partial charge in [-0.2, -0.15) is 4.99 Å². The van der Waals surface area contributed by atoms with E-state index in [0.29, 0.717) is 30.7 Å². The fourth-order valence-corrected chi connectivity index (χ4v) is 4.32. The van der Waals surface area contributed by atoms with E-state index in [4.69, 9.17) is 10.8 Å². The minimum atomic E-state index is -1.22. The highest BCUT2D eigenvalue weighted by molar-refractivity contribution is 7.78. The number of carboxylic acids is 1. The molecular formula is C27H37N7O9S. The number of hydrogen-bond acceptors (Lipinski definition) is 11. The fourth-order valence-electron chi connectivity index (χ4n) is 4.23. The van der Waals surface area contributed by atoms with Crippen LogP contribution in [-0.2, 0) is 19.2 Å². The zero-order valence-corrected chi connectivity index (χ0v) is 25.8. The van der Waals surface area contributed by atoms with E-state index in [9.17, 15) is 38.9 Å². The maximum absolute atomic E-state index is 12.0. The molecule has 0 bridgehead atoms. The van der Waals surface area contributed by atoms with Crippen molar-refractivity contribution in [3.05, 3.63) is 34.4 Å². The normalized spacial score (nSPS) is 20.4. The van der Waals surface area contributed by atoms with Gasteiger partial charge in [0.15, 0.2) is 5.69 Å². The van der Waals surface area contributed by atoms with Gasteiger partial charge in [-0.25, -0.2) is 9.59 Å². The number of rotatable bonds is 12. The number of nitrogens with zero attached hydrogens (tertiary/aromatic N) is 4. The number of nitrogens with two attached hydrogens (primary N) is 1. The summed E-state index contributed by atoms with van der Waals surface area (Å²) in [7, 11) is 0. The van der Waals surface area contributed by atoms with Gasteiger partial charge in [0.25, 0.3) is 17.5 Å². The number of ketones is 1. The van der Waals surface area contributed by atoms with Crippen LogP contribution in [0.1, 0.15) is 59.8 Å². The van der Waals surface area contributed by atoms with Crippen LogP contribution >= 0.6 is 12.2 Å². The average Bonchev–Trinajstić information content (AvgIpc) is 3.29. The third-order valence-electron chi connectivity index (χ3n) is 6.52. The number of nitro benzene ring substituents is 1. The number of isothiocyanates is 1. The minimum Gasteiger partial charge on any atom is -0.480 e. The summed E-state index contributed by atoms with van der Waals surface area (Å²) >= 11 is 4.34. The molecule has 2 aliphatic rings. The second-order valence-electron chi connectivity index (χ2n) is 10.3. The lowest BCUT2D eigenvalue weighted by Gasteiger charge is -2.20. The van der Waals surface area contributed by atoms with Crippen LogP contribution in [0.3, 0.4) is 0 Å². The quantitative estimate of drug-likeness (QED) is 0.0856. The largest absolute Gasteiger partial charge is 0.480 e. The van der Waals surface area contributed by atoms with Gasteiger partial charge in [0.05, 0.1) is 16.6 Å². The van der Waals surface area contributed by atoms with Crippen molar-refractivity contribution < 1.29 is 38.8 Å². The molecule has 0 saturated carbocycles. The van der Waals surface area contributed by atoms with E-state index in [-0.39, 0.29) is 29.6 Å². The van der Waals surface area contributed by atoms with E-state index in [2.05, 4.69) is 33.0 Å². The molecule has 44 heavy (non-hydrogen) atoms. The highest BCUT2D eigenvalue weighted by Crippen LogP contribution is 2.26. The van der Waals surface area contributed by atoms with Crippen LogP contribution in [0.2, 0.25) is 0 Å². The molecule has 0 aliphatic carbocycles. The first-order chi connectivity index (χ1) is 20.6. The Kier molecular flexibility index (Phi) is 14.4. The molecule has 2 fully saturated rings. The molecule has 1 aromatic carbocycles. The Morgan fingerprint density at radius 1 is 1.02 bits per heavy atom. The number of thiocarbonyl (C=S) groups is 1. The summed E-state index contributed by atoms with van der Waals surface area (Å²) in [4.78, 5) is 83.3. The van der Waals surface area contributed by atoms with Crippen LogP contribution in [0.15, 0.2) is 29.3 Å². The van der Waals surface area contributed by atoms with Crippen LogP contribution in [0.4, 0.5) is 21.0 Å². The van der Waals surface area contributed by atoms with Crippen molar-refractivity contribution in [1.82, 2.24) is 20.4 Å². The Balaban J connectivity index is 0.000000334. The van der Waals surface area contributed by atoms with Crippen molar-refractivity contribution in [2.45, 2.75) is 70.9 Å². The lowest BCUT2D eigenvalue weighted by atomic mass is 9.95. The Morgan fingerprint density at radius 2 is 1.52 bits per heavy atom. The molecule has 16 nitrogen and oxygen atoms in total. The number of unbranched alkanes of at least 4 members (excludes halogenated alkanes) is 1. The standard InChI is InChI=1S/C11H18N2O3.C9H15N3O4.C7H4N2O2S/c1-4-5-6-11(3)9(15)13(7-8(2)14)10(16)12-11;1-9(3-2-4-10)7(15)12(5-6(13)14)8(16)11-9;10-9(11)7-4-2-1-3-6(7)8-5-12/h4-7H2,1-3H3,(H,12,16);2-5,10H2,1H3,(H,11,16)(H,13,14);1-4H. The van der Waals surface area contributed by atoms with Gasteiger partial charge < -0.3 is 21.5 Å². The van der Waals surface area contributed by atoms with E-state index >= 15 is 0 Å². The molecule has 2 saturated heterocycles. The van der Waals surface area contributed by atoms with Crippen LogP contribution < -0.4 is 16.4 Å². The number of nitro groups is 1. The maximum Gasteiger partial charge on any atom is 0.325 e. The highest BCUT2D eigenvalue weighted by atomic mass is 32.1. The summed E-state index contributed by atoms with van der Waals surface area (Å²) < 4.78 is 0. The first kappa shape index (κ1) is 37.4. The highest BCUT2D eigenvalue weighted by Gasteiger charge is 2.48. The van der Waals surface area contributed by atoms with E-state index < -0.39 is 46.5 Å². The SMILES string of the molecule is CC1(CCCN)NC(=O)N(CC(=O)O)C1=O.CCCCC1(C)NC(=O)N(CC(C)=O)C1=O.O=[N+]([O-])c1ccccc1N=C=S. The lowest BCUT2D eigenvalue weighted by Crippen LogP contribution is -2.44. The zero-order chi connectivity index (χ0) is 33.7. The number of amides is 6. The fraction of sp³-hybridized carbons (Fsp3) is 0.519. The smallest absolute Gasteiger partial charge is 0.325 e. The number of nitrogens with one attached hydrogen (secondary N) is 2. The van der Waals surface area contributed by atoms with Gasteiger partial charge in [-0.05, 0) is 64.9 Å². The molecule has 5 N–H and O–H groups in total. The molecule has 2 heterocycles. The lowest BCUT2D eigenvalue weighted by molar-refractivity contribution is -0.384. The first-order valence-corrected chi connectivity index (χ1v) is 14.0. The van der Waals surface area contributed by atoms with Gasteiger partial charge in [0, 0.05) is 6.07 Å². The number of carbonyl (C=O) groups is 6. The molecule has 6 amide bonds. The number of hydrogen-bond donors (Lipinski definition) is 4. The van der Waals surface area contributed by atoms with Gasteiger partial charge in [-0.3, -0.25) is 39.1 Å². The third kappa shape index (κ3) is 10.3. The Hall–Kier alpha value is -4.60. The molecule has 2 aliphatic heterocycles. The molecule has 240 valence electrons. The van der Waals surface area contributed by atoms with Crippen LogP contribution in [0.25, 0.3) is 0 Å². The summed E-state index contributed by atoms with van der Waals surface area (Å²) in [6.45, 7) is 6.35. The first-order valence-electron chi connectivity index (χ1n) is 13.6. The van der Waals surface area contributed by atoms with Gasteiger partial charge in [-0.1, -0.05) is 31.9 Å². The summed E-state index contributed by atoms with van der Waals surface area (Å²) in [6.07, 6.45) is 3.44. The van der Waals surface area contributed by atoms with Crippen molar-refractivity contribution in [3.63, 3.8) is 0 Å². The molecular weight excluding hydrogens is 598 g/mol. The number of benzene rings is 1. The second kappa shape index (κ2) is 16.9. The van der Waals surface area contributed by atoms with Gasteiger partial charge in [0.2, 0.25) is 0 Å². The van der Waals surface area contributed by atoms with E-state index in [1.54, 1.807) is 26.0 Å². The topological polar surface area (TPSA) is 235 Å². The molecule has 2 atom stereocenters. The number of carboxylic acid groups (broad SMARTS) is 1. The predicted molar refractivity (Wildman–Crippen MR) is 161 cm³/mol. The number of para-hydroxylation sites is 2. The monoisotopic (exact) mass is 635 g/mol. The van der Waals surface area contributed by atoms with Gasteiger partial charge in [-0.15, -0.1) is 0 Å². The number of imide groups is 2. The molecule has 0 aromatic heterocycles. The Morgan fingerprint density at radius 3 is 1.95 bits per heavy atom. The summed E-state index contributed by atoms with van der Waals surface area (Å²) in [5.41, 5.74) is 3.65. The van der Waals surface area contributed by atoms with Crippen molar-refractivity contribution in [2.24, 2.45) is 10.7 Å². The zero-order valence-electron chi connectivity index (χ0n) is 25.0. The third-order valence-corrected chi connectivity index (χ3v) is 6.61. The van der Waals surface area contributed by atoms with E-state index in [0.717, 1.165) is 17.7 Å². The van der Waals surface area contributed by atoms with Crippen LogP contribution in [0, 0.1) is 10.1 Å². The molecule has 0 radical (unpaired) electrons. The van der Waals surface area contributed by atoms with E-state index in [1.807, 2.05) is 6.92 Å².